The fourth-order valence-corrected chi connectivity index (χ4v) is 4.09. The first-order valence-electron chi connectivity index (χ1n) is 10.5. The number of nitrogens with one attached hydrogen (secondary N) is 1. The molecule has 0 saturated heterocycles. The average Bonchev–Trinajstić information content (AvgIpc) is 3.14. The van der Waals surface area contributed by atoms with E-state index in [1.165, 1.54) is 19.1 Å². The molecule has 0 atom stereocenters. The molecule has 0 spiro atoms. The van der Waals surface area contributed by atoms with Gasteiger partial charge >= 0.3 is 12.1 Å². The maximum atomic E-state index is 12.2. The minimum atomic E-state index is -1.28. The van der Waals surface area contributed by atoms with Crippen molar-refractivity contribution in [1.29, 1.82) is 0 Å². The van der Waals surface area contributed by atoms with E-state index in [1.807, 2.05) is 36.4 Å². The van der Waals surface area contributed by atoms with Crippen LogP contribution >= 0.6 is 0 Å². The van der Waals surface area contributed by atoms with Crippen molar-refractivity contribution in [2.24, 2.45) is 0 Å². The second-order valence-electron chi connectivity index (χ2n) is 7.71. The molecule has 3 aromatic carbocycles. The molecule has 170 valence electrons. The Morgan fingerprint density at radius 3 is 2.29 bits per heavy atom. The molecule has 8 nitrogen and oxygen atoms in total. The van der Waals surface area contributed by atoms with Gasteiger partial charge in [0.1, 0.15) is 6.61 Å². The first kappa shape index (κ1) is 22.6. The van der Waals surface area contributed by atoms with Crippen LogP contribution in [0.15, 0.2) is 60.7 Å². The number of aromatic carboxylic acids is 1. The Labute approximate surface area is 195 Å². The summed E-state index contributed by atoms with van der Waals surface area (Å²) in [4.78, 5) is 34.1. The second kappa shape index (κ2) is 9.46. The van der Waals surface area contributed by atoms with E-state index in [9.17, 15) is 24.8 Å². The summed E-state index contributed by atoms with van der Waals surface area (Å²) in [7, 11) is 0. The Bertz CT molecular complexity index is 1290. The number of carboxylic acids is 1. The average molecular weight is 456 g/mol. The van der Waals surface area contributed by atoms with E-state index in [2.05, 4.69) is 29.3 Å². The number of nitrogens with zero attached hydrogens (tertiary/aromatic N) is 1. The van der Waals surface area contributed by atoms with Crippen molar-refractivity contribution in [2.75, 3.05) is 13.2 Å². The molecule has 1 amide bonds. The second-order valence-corrected chi connectivity index (χ2v) is 7.71. The topological polar surface area (TPSA) is 119 Å². The molecule has 0 bridgehead atoms. The predicted octanol–water partition coefficient (Wildman–Crippen LogP) is 4.49. The lowest BCUT2D eigenvalue weighted by Crippen LogP contribution is -2.26. The number of carboxylic acid groups (broad SMARTS) is 1. The molecule has 8 heteroatoms. The number of amides is 1. The van der Waals surface area contributed by atoms with Crippen LogP contribution in [0, 0.1) is 28.9 Å². The van der Waals surface area contributed by atoms with Gasteiger partial charge in [0.2, 0.25) is 0 Å². The van der Waals surface area contributed by atoms with Crippen molar-refractivity contribution in [2.45, 2.75) is 12.8 Å². The highest BCUT2D eigenvalue weighted by atomic mass is 16.6. The third-order valence-corrected chi connectivity index (χ3v) is 5.70. The van der Waals surface area contributed by atoms with Gasteiger partial charge in [-0.3, -0.25) is 10.1 Å². The number of rotatable bonds is 5. The number of benzene rings is 3. The van der Waals surface area contributed by atoms with Gasteiger partial charge in [0, 0.05) is 23.1 Å². The van der Waals surface area contributed by atoms with E-state index < -0.39 is 17.0 Å². The lowest BCUT2D eigenvalue weighted by molar-refractivity contribution is -0.385. The van der Waals surface area contributed by atoms with Gasteiger partial charge in [-0.25, -0.2) is 9.59 Å². The summed E-state index contributed by atoms with van der Waals surface area (Å²) < 4.78 is 5.42. The van der Waals surface area contributed by atoms with Crippen LogP contribution in [0.2, 0.25) is 0 Å². The summed E-state index contributed by atoms with van der Waals surface area (Å²) in [6, 6.07) is 18.5. The highest BCUT2D eigenvalue weighted by Gasteiger charge is 2.28. The lowest BCUT2D eigenvalue weighted by Gasteiger charge is -2.14. The molecular formula is C26H20N2O6. The number of ether oxygens (including phenoxy) is 1. The number of nitro benzene ring substituents is 1. The van der Waals surface area contributed by atoms with Crippen LogP contribution in [0.25, 0.3) is 11.1 Å². The van der Waals surface area contributed by atoms with Crippen LogP contribution < -0.4 is 5.32 Å². The Morgan fingerprint density at radius 1 is 1.09 bits per heavy atom. The van der Waals surface area contributed by atoms with Crippen molar-refractivity contribution >= 4 is 17.7 Å². The van der Waals surface area contributed by atoms with E-state index in [-0.39, 0.29) is 41.4 Å². The molecule has 34 heavy (non-hydrogen) atoms. The van der Waals surface area contributed by atoms with Gasteiger partial charge in [-0.05, 0) is 35.2 Å². The molecule has 1 aliphatic rings. The third kappa shape index (κ3) is 4.45. The Hall–Kier alpha value is -4.64. The van der Waals surface area contributed by atoms with E-state index >= 15 is 0 Å². The van der Waals surface area contributed by atoms with Crippen molar-refractivity contribution in [3.8, 4) is 23.0 Å². The molecule has 0 aliphatic heterocycles. The van der Waals surface area contributed by atoms with E-state index in [4.69, 9.17) is 4.74 Å². The quantitative estimate of drug-likeness (QED) is 0.332. The van der Waals surface area contributed by atoms with Gasteiger partial charge < -0.3 is 15.2 Å². The first-order chi connectivity index (χ1) is 16.4. The summed E-state index contributed by atoms with van der Waals surface area (Å²) in [6.45, 7) is 1.47. The molecule has 0 fully saturated rings. The van der Waals surface area contributed by atoms with Crippen LogP contribution in [-0.2, 0) is 4.74 Å². The Balaban J connectivity index is 1.39. The van der Waals surface area contributed by atoms with Crippen LogP contribution in [0.1, 0.15) is 38.5 Å². The minimum Gasteiger partial charge on any atom is -0.478 e. The molecule has 0 heterocycles. The molecule has 0 unspecified atom stereocenters. The van der Waals surface area contributed by atoms with Crippen molar-refractivity contribution in [1.82, 2.24) is 5.32 Å². The molecule has 0 aromatic heterocycles. The molecular weight excluding hydrogens is 436 g/mol. The van der Waals surface area contributed by atoms with E-state index in [1.54, 1.807) is 0 Å². The van der Waals surface area contributed by atoms with Gasteiger partial charge in [0.25, 0.3) is 5.69 Å². The SMILES string of the molecule is Cc1c(C(=O)O)cc(C#CCNC(=O)OCC2c3ccccc3-c3ccccc32)cc1[N+](=O)[O-]. The summed E-state index contributed by atoms with van der Waals surface area (Å²) in [5.74, 6) is 3.98. The number of hydrogen-bond acceptors (Lipinski definition) is 5. The molecule has 0 radical (unpaired) electrons. The van der Waals surface area contributed by atoms with Gasteiger partial charge in [0.05, 0.1) is 17.0 Å². The summed E-state index contributed by atoms with van der Waals surface area (Å²) >= 11 is 0. The number of carbonyl (C=O) groups is 2. The highest BCUT2D eigenvalue weighted by molar-refractivity contribution is 5.91. The van der Waals surface area contributed by atoms with Crippen LogP contribution in [0.5, 0.6) is 0 Å². The maximum absolute atomic E-state index is 12.2. The lowest BCUT2D eigenvalue weighted by atomic mass is 9.98. The van der Waals surface area contributed by atoms with Crippen molar-refractivity contribution < 1.29 is 24.4 Å². The van der Waals surface area contributed by atoms with Crippen LogP contribution in [-0.4, -0.2) is 35.2 Å². The van der Waals surface area contributed by atoms with Gasteiger partial charge in [-0.2, -0.15) is 0 Å². The molecule has 4 rings (SSSR count). The maximum Gasteiger partial charge on any atom is 0.407 e. The monoisotopic (exact) mass is 456 g/mol. The molecule has 2 N–H and O–H groups in total. The van der Waals surface area contributed by atoms with Crippen LogP contribution in [0.4, 0.5) is 10.5 Å². The molecule has 0 saturated carbocycles. The van der Waals surface area contributed by atoms with Crippen molar-refractivity contribution in [3.63, 3.8) is 0 Å². The third-order valence-electron chi connectivity index (χ3n) is 5.70. The molecule has 1 aliphatic carbocycles. The van der Waals surface area contributed by atoms with Gasteiger partial charge in [0.15, 0.2) is 0 Å². The zero-order valence-electron chi connectivity index (χ0n) is 18.2. The molecule has 3 aromatic rings. The summed E-state index contributed by atoms with van der Waals surface area (Å²) in [6.07, 6.45) is -0.641. The normalized spacial score (nSPS) is 11.6. The zero-order chi connectivity index (χ0) is 24.2. The largest absolute Gasteiger partial charge is 0.478 e. The Morgan fingerprint density at radius 2 is 1.71 bits per heavy atom. The first-order valence-corrected chi connectivity index (χ1v) is 10.5. The number of hydrogen-bond donors (Lipinski definition) is 2. The van der Waals surface area contributed by atoms with Crippen LogP contribution in [0.3, 0.4) is 0 Å². The van der Waals surface area contributed by atoms with Gasteiger partial charge in [-0.1, -0.05) is 60.4 Å². The standard InChI is InChI=1S/C26H20N2O6/c1-16-22(25(29)30)13-17(14-24(16)28(32)33)7-6-12-27-26(31)34-15-23-20-10-4-2-8-18(20)19-9-3-5-11-21(19)23/h2-5,8-11,13-14,23H,12,15H2,1H3,(H,27,31)(H,29,30). The minimum absolute atomic E-state index is 0.0554. The summed E-state index contributed by atoms with van der Waals surface area (Å²) in [5, 5.41) is 23.0. The van der Waals surface area contributed by atoms with E-state index in [0.717, 1.165) is 22.3 Å². The number of carbonyl (C=O) groups excluding carboxylic acids is 1. The fraction of sp³-hybridized carbons (Fsp3) is 0.154. The number of fused-ring (bicyclic) bond motifs is 3. The summed E-state index contributed by atoms with van der Waals surface area (Å²) in [5.41, 5.74) is 4.18. The number of nitro groups is 1. The van der Waals surface area contributed by atoms with E-state index in [0.29, 0.717) is 0 Å². The highest BCUT2D eigenvalue weighted by Crippen LogP contribution is 2.44. The Kier molecular flexibility index (Phi) is 6.28. The zero-order valence-corrected chi connectivity index (χ0v) is 18.2. The fourth-order valence-electron chi connectivity index (χ4n) is 4.09. The predicted molar refractivity (Wildman–Crippen MR) is 125 cm³/mol. The smallest absolute Gasteiger partial charge is 0.407 e. The van der Waals surface area contributed by atoms with Gasteiger partial charge in [-0.15, -0.1) is 0 Å². The van der Waals surface area contributed by atoms with Crippen molar-refractivity contribution in [3.05, 3.63) is 98.6 Å². The number of alkyl carbamates (subject to hydrolysis) is 1.